The molecule has 0 radical (unpaired) electrons. The number of aryl methyl sites for hydroxylation is 1. The van der Waals surface area contributed by atoms with Crippen LogP contribution in [0.25, 0.3) is 0 Å². The summed E-state index contributed by atoms with van der Waals surface area (Å²) in [5.74, 6) is 0.533. The predicted octanol–water partition coefficient (Wildman–Crippen LogP) is 3.84. The summed E-state index contributed by atoms with van der Waals surface area (Å²) in [5, 5.41) is 3.02. The van der Waals surface area contributed by atoms with Crippen molar-refractivity contribution in [1.82, 2.24) is 10.2 Å². The standard InChI is InChI=1S/C20H30N2O2S/c1-7-14(3)21-17(23)16-12-25-19(20(4,5)6)22(16)18(24)15-10-8-13(2)9-11-15/h8-11,14,16,19H,7,12H2,1-6H3,(H,21,23). The number of carbonyl (C=O) groups is 2. The quantitative estimate of drug-likeness (QED) is 0.885. The van der Waals surface area contributed by atoms with Crippen LogP contribution in [0.5, 0.6) is 0 Å². The zero-order chi connectivity index (χ0) is 18.8. The Morgan fingerprint density at radius 2 is 1.88 bits per heavy atom. The minimum atomic E-state index is -0.419. The molecule has 4 nitrogen and oxygen atoms in total. The van der Waals surface area contributed by atoms with E-state index in [2.05, 4.69) is 26.1 Å². The summed E-state index contributed by atoms with van der Waals surface area (Å²) < 4.78 is 0. The molecule has 5 heteroatoms. The fourth-order valence-corrected chi connectivity index (χ4v) is 4.49. The normalized spacial score (nSPS) is 21.9. The zero-order valence-corrected chi connectivity index (χ0v) is 16.9. The topological polar surface area (TPSA) is 49.4 Å². The summed E-state index contributed by atoms with van der Waals surface area (Å²) in [5.41, 5.74) is 1.66. The van der Waals surface area contributed by atoms with Crippen LogP contribution in [-0.2, 0) is 4.79 Å². The average Bonchev–Trinajstić information content (AvgIpc) is 3.00. The van der Waals surface area contributed by atoms with Crippen molar-refractivity contribution in [3.05, 3.63) is 35.4 Å². The first-order chi connectivity index (χ1) is 11.6. The van der Waals surface area contributed by atoms with Crippen molar-refractivity contribution < 1.29 is 9.59 Å². The molecule has 0 spiro atoms. The van der Waals surface area contributed by atoms with Crippen LogP contribution >= 0.6 is 11.8 Å². The number of thioether (sulfide) groups is 1. The molecule has 0 aliphatic carbocycles. The van der Waals surface area contributed by atoms with Crippen LogP contribution < -0.4 is 5.32 Å². The molecule has 0 aromatic heterocycles. The molecule has 1 aliphatic rings. The molecule has 1 saturated heterocycles. The Morgan fingerprint density at radius 3 is 2.40 bits per heavy atom. The van der Waals surface area contributed by atoms with Gasteiger partial charge >= 0.3 is 0 Å². The van der Waals surface area contributed by atoms with Crippen molar-refractivity contribution in [3.8, 4) is 0 Å². The highest BCUT2D eigenvalue weighted by molar-refractivity contribution is 8.00. The molecule has 0 bridgehead atoms. The molecule has 1 aromatic carbocycles. The Hall–Kier alpha value is -1.49. The largest absolute Gasteiger partial charge is 0.352 e. The summed E-state index contributed by atoms with van der Waals surface area (Å²) in [4.78, 5) is 27.8. The van der Waals surface area contributed by atoms with E-state index in [1.807, 2.05) is 45.0 Å². The van der Waals surface area contributed by atoms with E-state index in [-0.39, 0.29) is 28.6 Å². The number of carbonyl (C=O) groups excluding carboxylic acids is 2. The molecule has 2 amide bonds. The van der Waals surface area contributed by atoms with E-state index in [0.29, 0.717) is 11.3 Å². The molecule has 1 fully saturated rings. The number of hydrogen-bond acceptors (Lipinski definition) is 3. The highest BCUT2D eigenvalue weighted by Crippen LogP contribution is 2.41. The third-order valence-corrected chi connectivity index (χ3v) is 6.34. The fourth-order valence-electron chi connectivity index (χ4n) is 2.91. The molecule has 3 unspecified atom stereocenters. The Bertz CT molecular complexity index is 622. The monoisotopic (exact) mass is 362 g/mol. The Balaban J connectivity index is 2.32. The number of nitrogens with zero attached hydrogens (tertiary/aromatic N) is 1. The lowest BCUT2D eigenvalue weighted by Crippen LogP contribution is -2.53. The van der Waals surface area contributed by atoms with Gasteiger partial charge in [0.1, 0.15) is 6.04 Å². The summed E-state index contributed by atoms with van der Waals surface area (Å²) in [6.07, 6.45) is 0.875. The van der Waals surface area contributed by atoms with Crippen LogP contribution in [0.2, 0.25) is 0 Å². The molecule has 1 N–H and O–H groups in total. The van der Waals surface area contributed by atoms with Gasteiger partial charge in [0.15, 0.2) is 0 Å². The minimum absolute atomic E-state index is 0.0195. The first kappa shape index (κ1) is 19.8. The second-order valence-corrected chi connectivity index (χ2v) is 9.08. The molecule has 1 heterocycles. The summed E-state index contributed by atoms with van der Waals surface area (Å²) >= 11 is 1.70. The molecule has 0 saturated carbocycles. The SMILES string of the molecule is CCC(C)NC(=O)C1CSC(C(C)(C)C)N1C(=O)c1ccc(C)cc1. The lowest BCUT2D eigenvalue weighted by molar-refractivity contribution is -0.125. The maximum Gasteiger partial charge on any atom is 0.255 e. The zero-order valence-electron chi connectivity index (χ0n) is 16.1. The van der Waals surface area contributed by atoms with Gasteiger partial charge in [0.2, 0.25) is 5.91 Å². The van der Waals surface area contributed by atoms with Crippen LogP contribution in [0.1, 0.15) is 57.0 Å². The first-order valence-corrected chi connectivity index (χ1v) is 10.0. The summed E-state index contributed by atoms with van der Waals surface area (Å²) in [6.45, 7) is 12.4. The second kappa shape index (κ2) is 7.81. The van der Waals surface area contributed by atoms with Crippen molar-refractivity contribution in [2.24, 2.45) is 5.41 Å². The van der Waals surface area contributed by atoms with E-state index in [9.17, 15) is 9.59 Å². The van der Waals surface area contributed by atoms with Crippen LogP contribution in [0, 0.1) is 12.3 Å². The fraction of sp³-hybridized carbons (Fsp3) is 0.600. The molecule has 3 atom stereocenters. The van der Waals surface area contributed by atoms with Crippen molar-refractivity contribution >= 4 is 23.6 Å². The number of hydrogen-bond donors (Lipinski definition) is 1. The molecule has 1 aromatic rings. The minimum Gasteiger partial charge on any atom is -0.352 e. The Morgan fingerprint density at radius 1 is 1.28 bits per heavy atom. The molecule has 25 heavy (non-hydrogen) atoms. The summed E-state index contributed by atoms with van der Waals surface area (Å²) in [7, 11) is 0. The van der Waals surface area contributed by atoms with Gasteiger partial charge in [-0.15, -0.1) is 11.8 Å². The van der Waals surface area contributed by atoms with E-state index < -0.39 is 6.04 Å². The van der Waals surface area contributed by atoms with Gasteiger partial charge in [0.05, 0.1) is 5.37 Å². The van der Waals surface area contributed by atoms with Crippen LogP contribution in [0.4, 0.5) is 0 Å². The van der Waals surface area contributed by atoms with E-state index in [4.69, 9.17) is 0 Å². The lowest BCUT2D eigenvalue weighted by Gasteiger charge is -2.36. The van der Waals surface area contributed by atoms with Crippen molar-refractivity contribution in [3.63, 3.8) is 0 Å². The maximum atomic E-state index is 13.2. The van der Waals surface area contributed by atoms with Gasteiger partial charge in [-0.2, -0.15) is 0 Å². The lowest BCUT2D eigenvalue weighted by atomic mass is 9.94. The average molecular weight is 363 g/mol. The van der Waals surface area contributed by atoms with E-state index >= 15 is 0 Å². The van der Waals surface area contributed by atoms with E-state index in [0.717, 1.165) is 12.0 Å². The second-order valence-electron chi connectivity index (χ2n) is 7.96. The number of amides is 2. The van der Waals surface area contributed by atoms with E-state index in [1.165, 1.54) is 0 Å². The highest BCUT2D eigenvalue weighted by atomic mass is 32.2. The Kier molecular flexibility index (Phi) is 6.20. The number of benzene rings is 1. The van der Waals surface area contributed by atoms with Gasteiger partial charge in [0.25, 0.3) is 5.91 Å². The van der Waals surface area contributed by atoms with Crippen LogP contribution in [-0.4, -0.2) is 39.9 Å². The van der Waals surface area contributed by atoms with Crippen molar-refractivity contribution in [2.75, 3.05) is 5.75 Å². The molecular formula is C20H30N2O2S. The smallest absolute Gasteiger partial charge is 0.255 e. The van der Waals surface area contributed by atoms with Crippen molar-refractivity contribution in [1.29, 1.82) is 0 Å². The molecule has 1 aliphatic heterocycles. The number of nitrogens with one attached hydrogen (secondary N) is 1. The van der Waals surface area contributed by atoms with Gasteiger partial charge in [0, 0.05) is 17.4 Å². The molecular weight excluding hydrogens is 332 g/mol. The van der Waals surface area contributed by atoms with Gasteiger partial charge in [-0.25, -0.2) is 0 Å². The Labute approximate surface area is 155 Å². The van der Waals surface area contributed by atoms with Crippen LogP contribution in [0.3, 0.4) is 0 Å². The van der Waals surface area contributed by atoms with Crippen molar-refractivity contribution in [2.45, 2.75) is 65.4 Å². The van der Waals surface area contributed by atoms with Gasteiger partial charge in [-0.1, -0.05) is 45.4 Å². The third-order valence-electron chi connectivity index (χ3n) is 4.58. The first-order valence-electron chi connectivity index (χ1n) is 8.96. The molecule has 138 valence electrons. The highest BCUT2D eigenvalue weighted by Gasteiger charge is 2.46. The van der Waals surface area contributed by atoms with Gasteiger partial charge in [-0.3, -0.25) is 9.59 Å². The molecule has 2 rings (SSSR count). The summed E-state index contributed by atoms with van der Waals surface area (Å²) in [6, 6.07) is 7.28. The third kappa shape index (κ3) is 4.57. The number of rotatable bonds is 4. The van der Waals surface area contributed by atoms with Gasteiger partial charge in [-0.05, 0) is 37.8 Å². The van der Waals surface area contributed by atoms with E-state index in [1.54, 1.807) is 16.7 Å². The van der Waals surface area contributed by atoms with Gasteiger partial charge < -0.3 is 10.2 Å². The van der Waals surface area contributed by atoms with Crippen LogP contribution in [0.15, 0.2) is 24.3 Å². The predicted molar refractivity (Wildman–Crippen MR) is 105 cm³/mol. The maximum absolute atomic E-state index is 13.2.